The highest BCUT2D eigenvalue weighted by atomic mass is 79.9. The lowest BCUT2D eigenvalue weighted by atomic mass is 10.0. The molecular weight excluding hydrogens is 516 g/mol. The number of rotatable bonds is 9. The van der Waals surface area contributed by atoms with Crippen LogP contribution in [-0.4, -0.2) is 61.6 Å². The Morgan fingerprint density at radius 2 is 1.97 bits per heavy atom. The second kappa shape index (κ2) is 11.6. The lowest BCUT2D eigenvalue weighted by Crippen LogP contribution is -2.48. The summed E-state index contributed by atoms with van der Waals surface area (Å²) in [4.78, 5) is 31.5. The van der Waals surface area contributed by atoms with Gasteiger partial charge in [-0.1, -0.05) is 40.2 Å². The van der Waals surface area contributed by atoms with Crippen LogP contribution in [0, 0.1) is 0 Å². The van der Waals surface area contributed by atoms with Gasteiger partial charge >= 0.3 is 0 Å². The standard InChI is InChI=1S/C26H27BrN2O4S/c1-32-14-13-28(26(31)19-6-5-7-20(27)16-19)17-25(30)29-12-10-24-22(11-15-34-24)23(29)18-33-21-8-3-2-4-9-21/h2-9,11,15-16,23H,10,12-14,17-18H2,1H3/t23-/m0/s1. The van der Waals surface area contributed by atoms with E-state index in [-0.39, 0.29) is 24.4 Å². The first-order valence-corrected chi connectivity index (χ1v) is 12.8. The van der Waals surface area contributed by atoms with Crippen LogP contribution in [0.15, 0.2) is 70.5 Å². The normalized spacial score (nSPS) is 15.0. The SMILES string of the molecule is COCCN(CC(=O)N1CCc2sccc2[C@@H]1COc1ccccc1)C(=O)c1cccc(Br)c1. The summed E-state index contributed by atoms with van der Waals surface area (Å²) in [7, 11) is 1.59. The molecule has 0 spiro atoms. The maximum absolute atomic E-state index is 13.6. The fraction of sp³-hybridized carbons (Fsp3) is 0.308. The molecule has 0 radical (unpaired) electrons. The summed E-state index contributed by atoms with van der Waals surface area (Å²) >= 11 is 5.13. The molecular formula is C26H27BrN2O4S. The van der Waals surface area contributed by atoms with E-state index in [0.717, 1.165) is 22.2 Å². The van der Waals surface area contributed by atoms with E-state index in [0.29, 0.717) is 31.9 Å². The van der Waals surface area contributed by atoms with Gasteiger partial charge in [-0.3, -0.25) is 9.59 Å². The molecule has 0 saturated heterocycles. The Labute approximate surface area is 212 Å². The van der Waals surface area contributed by atoms with Gasteiger partial charge in [-0.15, -0.1) is 11.3 Å². The highest BCUT2D eigenvalue weighted by Gasteiger charge is 2.33. The van der Waals surface area contributed by atoms with Crippen molar-refractivity contribution in [3.05, 3.63) is 86.5 Å². The first-order valence-electron chi connectivity index (χ1n) is 11.1. The van der Waals surface area contributed by atoms with Crippen LogP contribution in [0.3, 0.4) is 0 Å². The van der Waals surface area contributed by atoms with E-state index in [1.54, 1.807) is 35.5 Å². The number of ether oxygens (including phenoxy) is 2. The van der Waals surface area contributed by atoms with Gasteiger partial charge < -0.3 is 19.3 Å². The molecule has 1 aliphatic heterocycles. The van der Waals surface area contributed by atoms with Crippen LogP contribution in [0.4, 0.5) is 0 Å². The number of benzene rings is 2. The molecule has 178 valence electrons. The number of amides is 2. The average molecular weight is 543 g/mol. The zero-order valence-electron chi connectivity index (χ0n) is 19.0. The van der Waals surface area contributed by atoms with Gasteiger partial charge in [-0.05, 0) is 53.8 Å². The molecule has 0 unspecified atom stereocenters. The number of carbonyl (C=O) groups is 2. The quantitative estimate of drug-likeness (QED) is 0.389. The molecule has 1 aromatic heterocycles. The van der Waals surface area contributed by atoms with Gasteiger partial charge in [-0.2, -0.15) is 0 Å². The fourth-order valence-electron chi connectivity index (χ4n) is 4.08. The highest BCUT2D eigenvalue weighted by Crippen LogP contribution is 2.34. The number of thiophene rings is 1. The Bertz CT molecular complexity index is 1120. The Hall–Kier alpha value is -2.68. The van der Waals surface area contributed by atoms with Gasteiger partial charge in [-0.25, -0.2) is 0 Å². The van der Waals surface area contributed by atoms with Crippen molar-refractivity contribution in [2.24, 2.45) is 0 Å². The first kappa shape index (κ1) is 24.4. The molecule has 1 aliphatic rings. The number of hydrogen-bond donors (Lipinski definition) is 0. The molecule has 0 bridgehead atoms. The van der Waals surface area contributed by atoms with Crippen molar-refractivity contribution in [3.63, 3.8) is 0 Å². The molecule has 4 rings (SSSR count). The van der Waals surface area contributed by atoms with E-state index in [4.69, 9.17) is 9.47 Å². The van der Waals surface area contributed by atoms with E-state index in [2.05, 4.69) is 27.4 Å². The molecule has 2 aromatic carbocycles. The number of fused-ring (bicyclic) bond motifs is 1. The molecule has 8 heteroatoms. The maximum atomic E-state index is 13.6. The van der Waals surface area contributed by atoms with E-state index in [1.807, 2.05) is 47.4 Å². The largest absolute Gasteiger partial charge is 0.491 e. The number of nitrogens with zero attached hydrogens (tertiary/aromatic N) is 2. The summed E-state index contributed by atoms with van der Waals surface area (Å²) in [6.07, 6.45) is 0.804. The van der Waals surface area contributed by atoms with Crippen LogP contribution in [0.5, 0.6) is 5.75 Å². The smallest absolute Gasteiger partial charge is 0.254 e. The van der Waals surface area contributed by atoms with Gasteiger partial charge in [0.05, 0.1) is 12.6 Å². The van der Waals surface area contributed by atoms with Crippen LogP contribution in [0.1, 0.15) is 26.8 Å². The lowest BCUT2D eigenvalue weighted by Gasteiger charge is -2.37. The first-order chi connectivity index (χ1) is 16.6. The summed E-state index contributed by atoms with van der Waals surface area (Å²) in [5.41, 5.74) is 1.66. The predicted molar refractivity (Wildman–Crippen MR) is 136 cm³/mol. The van der Waals surface area contributed by atoms with E-state index in [9.17, 15) is 9.59 Å². The zero-order chi connectivity index (χ0) is 23.9. The molecule has 0 fully saturated rings. The van der Waals surface area contributed by atoms with Crippen molar-refractivity contribution in [1.29, 1.82) is 0 Å². The van der Waals surface area contributed by atoms with Crippen LogP contribution < -0.4 is 4.74 Å². The minimum atomic E-state index is -0.201. The molecule has 2 amide bonds. The molecule has 0 N–H and O–H groups in total. The minimum Gasteiger partial charge on any atom is -0.491 e. The maximum Gasteiger partial charge on any atom is 0.254 e. The topological polar surface area (TPSA) is 59.1 Å². The highest BCUT2D eigenvalue weighted by molar-refractivity contribution is 9.10. The summed E-state index contributed by atoms with van der Waals surface area (Å²) in [6, 6.07) is 18.7. The predicted octanol–water partition coefficient (Wildman–Crippen LogP) is 4.80. The summed E-state index contributed by atoms with van der Waals surface area (Å²) in [6.45, 7) is 1.62. The van der Waals surface area contributed by atoms with E-state index in [1.165, 1.54) is 4.88 Å². The van der Waals surface area contributed by atoms with Crippen molar-refractivity contribution in [2.45, 2.75) is 12.5 Å². The van der Waals surface area contributed by atoms with E-state index >= 15 is 0 Å². The minimum absolute atomic E-state index is 0.0178. The zero-order valence-corrected chi connectivity index (χ0v) is 21.4. The van der Waals surface area contributed by atoms with Crippen molar-refractivity contribution >= 4 is 39.1 Å². The number of carbonyl (C=O) groups excluding carboxylic acids is 2. The van der Waals surface area contributed by atoms with Crippen molar-refractivity contribution in [1.82, 2.24) is 9.80 Å². The average Bonchev–Trinajstić information content (AvgIpc) is 3.34. The third-order valence-corrected chi connectivity index (χ3v) is 7.31. The number of para-hydroxylation sites is 1. The Balaban J connectivity index is 1.52. The molecule has 0 aliphatic carbocycles. The number of halogens is 1. The van der Waals surface area contributed by atoms with Gasteiger partial charge in [0, 0.05) is 35.1 Å². The fourth-order valence-corrected chi connectivity index (χ4v) is 5.41. The second-order valence-electron chi connectivity index (χ2n) is 8.01. The number of hydrogen-bond acceptors (Lipinski definition) is 5. The summed E-state index contributed by atoms with van der Waals surface area (Å²) in [5, 5.41) is 2.07. The van der Waals surface area contributed by atoms with Gasteiger partial charge in [0.2, 0.25) is 5.91 Å². The van der Waals surface area contributed by atoms with Crippen molar-refractivity contribution < 1.29 is 19.1 Å². The molecule has 34 heavy (non-hydrogen) atoms. The Morgan fingerprint density at radius 1 is 1.15 bits per heavy atom. The van der Waals surface area contributed by atoms with Crippen LogP contribution in [0.2, 0.25) is 0 Å². The number of methoxy groups -OCH3 is 1. The van der Waals surface area contributed by atoms with Crippen LogP contribution in [0.25, 0.3) is 0 Å². The monoisotopic (exact) mass is 542 g/mol. The van der Waals surface area contributed by atoms with Gasteiger partial charge in [0.1, 0.15) is 18.9 Å². The van der Waals surface area contributed by atoms with E-state index < -0.39 is 0 Å². The third-order valence-electron chi connectivity index (χ3n) is 5.82. The lowest BCUT2D eigenvalue weighted by molar-refractivity contribution is -0.135. The molecule has 3 aromatic rings. The Morgan fingerprint density at radius 3 is 2.74 bits per heavy atom. The molecule has 1 atom stereocenters. The van der Waals surface area contributed by atoms with Crippen molar-refractivity contribution in [2.75, 3.05) is 40.0 Å². The van der Waals surface area contributed by atoms with Crippen LogP contribution in [-0.2, 0) is 16.0 Å². The Kier molecular flexibility index (Phi) is 8.37. The molecule has 0 saturated carbocycles. The molecule has 2 heterocycles. The van der Waals surface area contributed by atoms with Gasteiger partial charge in [0.15, 0.2) is 0 Å². The summed E-state index contributed by atoms with van der Waals surface area (Å²) < 4.78 is 12.1. The second-order valence-corrected chi connectivity index (χ2v) is 9.92. The van der Waals surface area contributed by atoms with Gasteiger partial charge in [0.25, 0.3) is 5.91 Å². The third kappa shape index (κ3) is 5.87. The summed E-state index contributed by atoms with van der Waals surface area (Å²) in [5.74, 6) is 0.471. The van der Waals surface area contributed by atoms with Crippen LogP contribution >= 0.6 is 27.3 Å². The molecule has 6 nitrogen and oxygen atoms in total. The van der Waals surface area contributed by atoms with Crippen molar-refractivity contribution in [3.8, 4) is 5.75 Å².